The molecule has 0 radical (unpaired) electrons. The third kappa shape index (κ3) is 4.38. The zero-order valence-corrected chi connectivity index (χ0v) is 14.5. The van der Waals surface area contributed by atoms with Crippen molar-refractivity contribution < 1.29 is 4.79 Å². The van der Waals surface area contributed by atoms with Crippen molar-refractivity contribution >= 4 is 23.4 Å². The van der Waals surface area contributed by atoms with Gasteiger partial charge in [0.05, 0.1) is 5.75 Å². The van der Waals surface area contributed by atoms with Gasteiger partial charge < -0.3 is 5.32 Å². The Hall–Kier alpha value is -1.74. The molecule has 0 saturated heterocycles. The average molecular weight is 313 g/mol. The molecule has 0 saturated carbocycles. The van der Waals surface area contributed by atoms with Gasteiger partial charge in [0.1, 0.15) is 0 Å². The van der Waals surface area contributed by atoms with Gasteiger partial charge in [0.15, 0.2) is 0 Å². The van der Waals surface area contributed by atoms with E-state index in [4.69, 9.17) is 0 Å². The van der Waals surface area contributed by atoms with Crippen LogP contribution in [0.1, 0.15) is 36.5 Å². The molecule has 0 spiro atoms. The van der Waals surface area contributed by atoms with Crippen molar-refractivity contribution in [3.05, 3.63) is 59.2 Å². The topological polar surface area (TPSA) is 29.1 Å². The summed E-state index contributed by atoms with van der Waals surface area (Å²) >= 11 is 1.59. The Labute approximate surface area is 137 Å². The Kier molecular flexibility index (Phi) is 5.67. The first-order valence-electron chi connectivity index (χ1n) is 7.56. The molecule has 22 heavy (non-hydrogen) atoms. The number of nitrogens with one attached hydrogen (secondary N) is 1. The summed E-state index contributed by atoms with van der Waals surface area (Å²) in [4.78, 5) is 13.4. The van der Waals surface area contributed by atoms with Crippen LogP contribution in [0.2, 0.25) is 0 Å². The molecule has 0 aromatic heterocycles. The van der Waals surface area contributed by atoms with Gasteiger partial charge in [-0.25, -0.2) is 0 Å². The third-order valence-electron chi connectivity index (χ3n) is 3.56. The zero-order chi connectivity index (χ0) is 16.1. The Morgan fingerprint density at radius 2 is 1.86 bits per heavy atom. The van der Waals surface area contributed by atoms with E-state index in [0.29, 0.717) is 11.7 Å². The molecule has 0 heterocycles. The van der Waals surface area contributed by atoms with E-state index < -0.39 is 0 Å². The molecule has 0 atom stereocenters. The van der Waals surface area contributed by atoms with Gasteiger partial charge >= 0.3 is 0 Å². The summed E-state index contributed by atoms with van der Waals surface area (Å²) in [6, 6.07) is 14.3. The summed E-state index contributed by atoms with van der Waals surface area (Å²) in [7, 11) is 0. The van der Waals surface area contributed by atoms with Gasteiger partial charge in [-0.2, -0.15) is 0 Å². The number of aryl methyl sites for hydroxylation is 2. The lowest BCUT2D eigenvalue weighted by Gasteiger charge is -2.13. The second-order valence-corrected chi connectivity index (χ2v) is 6.86. The van der Waals surface area contributed by atoms with E-state index in [9.17, 15) is 4.79 Å². The lowest BCUT2D eigenvalue weighted by molar-refractivity contribution is -0.113. The fraction of sp³-hybridized carbons (Fsp3) is 0.316. The first-order chi connectivity index (χ1) is 10.5. The number of hydrogen-bond acceptors (Lipinski definition) is 2. The molecule has 0 aliphatic rings. The minimum absolute atomic E-state index is 0.0407. The molecule has 1 amide bonds. The van der Waals surface area contributed by atoms with Crippen LogP contribution in [0.3, 0.4) is 0 Å². The van der Waals surface area contributed by atoms with Crippen molar-refractivity contribution in [1.29, 1.82) is 0 Å². The number of hydrogen-bond donors (Lipinski definition) is 1. The highest BCUT2D eigenvalue weighted by molar-refractivity contribution is 8.00. The molecule has 1 N–H and O–H groups in total. The van der Waals surface area contributed by atoms with Crippen LogP contribution in [0.4, 0.5) is 5.69 Å². The minimum Gasteiger partial charge on any atom is -0.325 e. The smallest absolute Gasteiger partial charge is 0.234 e. The van der Waals surface area contributed by atoms with Crippen molar-refractivity contribution in [3.63, 3.8) is 0 Å². The molecular weight excluding hydrogens is 290 g/mol. The SMILES string of the molecule is Cc1ccc(C)c(SCC(=O)Nc2ccccc2C(C)C)c1. The molecule has 0 aliphatic carbocycles. The standard InChI is InChI=1S/C19H23NOS/c1-13(2)16-7-5-6-8-17(16)20-19(21)12-22-18-11-14(3)9-10-15(18)4/h5-11,13H,12H2,1-4H3,(H,20,21). The Balaban J connectivity index is 2.01. The van der Waals surface area contributed by atoms with E-state index >= 15 is 0 Å². The van der Waals surface area contributed by atoms with Gasteiger partial charge in [-0.05, 0) is 43.0 Å². The quantitative estimate of drug-likeness (QED) is 0.773. The zero-order valence-electron chi connectivity index (χ0n) is 13.6. The molecule has 0 aliphatic heterocycles. The van der Waals surface area contributed by atoms with E-state index in [2.05, 4.69) is 57.3 Å². The van der Waals surface area contributed by atoms with Crippen molar-refractivity contribution in [2.75, 3.05) is 11.1 Å². The second-order valence-electron chi connectivity index (χ2n) is 5.85. The monoisotopic (exact) mass is 313 g/mol. The predicted molar refractivity (Wildman–Crippen MR) is 95.8 cm³/mol. The maximum atomic E-state index is 12.2. The number of benzene rings is 2. The van der Waals surface area contributed by atoms with Crippen LogP contribution in [0.15, 0.2) is 47.4 Å². The lowest BCUT2D eigenvalue weighted by atomic mass is 10.0. The second kappa shape index (κ2) is 7.50. The van der Waals surface area contributed by atoms with Gasteiger partial charge in [-0.1, -0.05) is 49.7 Å². The van der Waals surface area contributed by atoms with Crippen LogP contribution in [0.25, 0.3) is 0 Å². The number of carbonyl (C=O) groups is 1. The van der Waals surface area contributed by atoms with Crippen LogP contribution in [0, 0.1) is 13.8 Å². The summed E-state index contributed by atoms with van der Waals surface area (Å²) in [5.74, 6) is 0.860. The van der Waals surface area contributed by atoms with Gasteiger partial charge in [0.25, 0.3) is 0 Å². The van der Waals surface area contributed by atoms with E-state index in [1.165, 1.54) is 21.6 Å². The van der Waals surface area contributed by atoms with E-state index in [1.54, 1.807) is 11.8 Å². The normalized spacial score (nSPS) is 10.8. The molecule has 2 rings (SSSR count). The van der Waals surface area contributed by atoms with Crippen molar-refractivity contribution in [2.45, 2.75) is 38.5 Å². The Morgan fingerprint density at radius 3 is 2.59 bits per heavy atom. The Morgan fingerprint density at radius 1 is 1.14 bits per heavy atom. The molecule has 0 fully saturated rings. The highest BCUT2D eigenvalue weighted by Crippen LogP contribution is 2.26. The molecule has 2 aromatic rings. The van der Waals surface area contributed by atoms with Gasteiger partial charge in [-0.3, -0.25) is 4.79 Å². The molecule has 2 aromatic carbocycles. The lowest BCUT2D eigenvalue weighted by Crippen LogP contribution is -2.15. The minimum atomic E-state index is 0.0407. The molecule has 2 nitrogen and oxygen atoms in total. The van der Waals surface area contributed by atoms with E-state index in [1.807, 2.05) is 18.2 Å². The summed E-state index contributed by atoms with van der Waals surface area (Å²) in [5, 5.41) is 3.04. The summed E-state index contributed by atoms with van der Waals surface area (Å²) in [6.45, 7) is 8.42. The number of thioether (sulfide) groups is 1. The molecular formula is C19H23NOS. The number of carbonyl (C=O) groups excluding carboxylic acids is 1. The average Bonchev–Trinajstić information content (AvgIpc) is 2.48. The van der Waals surface area contributed by atoms with Gasteiger partial charge in [0.2, 0.25) is 5.91 Å². The van der Waals surface area contributed by atoms with Crippen LogP contribution in [0.5, 0.6) is 0 Å². The van der Waals surface area contributed by atoms with Crippen molar-refractivity contribution in [2.24, 2.45) is 0 Å². The third-order valence-corrected chi connectivity index (χ3v) is 4.72. The number of para-hydroxylation sites is 1. The van der Waals surface area contributed by atoms with Crippen LogP contribution in [-0.2, 0) is 4.79 Å². The number of anilines is 1. The first-order valence-corrected chi connectivity index (χ1v) is 8.54. The van der Waals surface area contributed by atoms with Crippen LogP contribution in [-0.4, -0.2) is 11.7 Å². The highest BCUT2D eigenvalue weighted by Gasteiger charge is 2.10. The van der Waals surface area contributed by atoms with E-state index in [0.717, 1.165) is 5.69 Å². The van der Waals surface area contributed by atoms with Gasteiger partial charge in [-0.15, -0.1) is 11.8 Å². The molecule has 0 bridgehead atoms. The number of amides is 1. The van der Waals surface area contributed by atoms with Crippen molar-refractivity contribution in [3.8, 4) is 0 Å². The maximum absolute atomic E-state index is 12.2. The van der Waals surface area contributed by atoms with Gasteiger partial charge in [0, 0.05) is 10.6 Å². The largest absolute Gasteiger partial charge is 0.325 e. The maximum Gasteiger partial charge on any atom is 0.234 e. The molecule has 3 heteroatoms. The van der Waals surface area contributed by atoms with Crippen LogP contribution >= 0.6 is 11.8 Å². The fourth-order valence-electron chi connectivity index (χ4n) is 2.31. The Bertz CT molecular complexity index is 664. The van der Waals surface area contributed by atoms with E-state index in [-0.39, 0.29) is 5.91 Å². The fourth-order valence-corrected chi connectivity index (χ4v) is 3.23. The molecule has 116 valence electrons. The summed E-state index contributed by atoms with van der Waals surface area (Å²) in [5.41, 5.74) is 4.53. The highest BCUT2D eigenvalue weighted by atomic mass is 32.2. The number of rotatable bonds is 5. The molecule has 0 unspecified atom stereocenters. The van der Waals surface area contributed by atoms with Crippen molar-refractivity contribution in [1.82, 2.24) is 0 Å². The predicted octanol–water partition coefficient (Wildman–Crippen LogP) is 5.16. The first kappa shape index (κ1) is 16.6. The summed E-state index contributed by atoms with van der Waals surface area (Å²) in [6.07, 6.45) is 0. The summed E-state index contributed by atoms with van der Waals surface area (Å²) < 4.78 is 0. The van der Waals surface area contributed by atoms with Crippen LogP contribution < -0.4 is 5.32 Å².